The molecule has 0 aliphatic heterocycles. The zero-order valence-electron chi connectivity index (χ0n) is 15.9. The number of allylic oxidation sites excluding steroid dienone is 6. The van der Waals surface area contributed by atoms with Crippen molar-refractivity contribution in [2.75, 3.05) is 0 Å². The maximum absolute atomic E-state index is 6.35. The first-order valence-corrected chi connectivity index (χ1v) is 9.73. The highest BCUT2D eigenvalue weighted by Gasteiger charge is 2.19. The van der Waals surface area contributed by atoms with E-state index >= 15 is 0 Å². The Bertz CT molecular complexity index is 1080. The van der Waals surface area contributed by atoms with Crippen LogP contribution in [0.1, 0.15) is 29.7 Å². The summed E-state index contributed by atoms with van der Waals surface area (Å²) in [5.41, 5.74) is 7.34. The predicted molar refractivity (Wildman–Crippen MR) is 117 cm³/mol. The molecule has 1 heterocycles. The second-order valence-electron chi connectivity index (χ2n) is 6.93. The Morgan fingerprint density at radius 1 is 0.821 bits per heavy atom. The Balaban J connectivity index is 1.87. The van der Waals surface area contributed by atoms with Crippen LogP contribution in [0.25, 0.3) is 16.8 Å². The molecule has 138 valence electrons. The molecule has 3 aromatic rings. The molecule has 1 aromatic heterocycles. The first-order valence-electron chi connectivity index (χ1n) is 9.35. The standard InChI is InChI=1S/C25H21ClN2/c1-17-10-9-15-21(19-11-5-3-6-12-19)16-22(17)24-18(2)23(27-25(26)28-24)20-13-7-4-8-14-20/h3-16,21H,1-2H3. The molecule has 0 bridgehead atoms. The number of halogens is 1. The lowest BCUT2D eigenvalue weighted by atomic mass is 9.92. The van der Waals surface area contributed by atoms with Gasteiger partial charge in [-0.3, -0.25) is 0 Å². The van der Waals surface area contributed by atoms with Crippen LogP contribution in [0, 0.1) is 6.92 Å². The molecule has 0 amide bonds. The summed E-state index contributed by atoms with van der Waals surface area (Å²) in [5.74, 6) is 0.179. The quantitative estimate of drug-likeness (QED) is 0.464. The molecule has 1 aliphatic carbocycles. The van der Waals surface area contributed by atoms with Crippen LogP contribution in [0.3, 0.4) is 0 Å². The van der Waals surface area contributed by atoms with E-state index in [1.807, 2.05) is 36.4 Å². The Morgan fingerprint density at radius 2 is 1.46 bits per heavy atom. The fourth-order valence-electron chi connectivity index (χ4n) is 3.55. The Labute approximate surface area is 170 Å². The molecule has 0 saturated carbocycles. The lowest BCUT2D eigenvalue weighted by molar-refractivity contribution is 1.07. The van der Waals surface area contributed by atoms with Crippen LogP contribution in [-0.4, -0.2) is 9.97 Å². The molecule has 28 heavy (non-hydrogen) atoms. The van der Waals surface area contributed by atoms with E-state index in [-0.39, 0.29) is 11.2 Å². The molecule has 1 aliphatic rings. The molecule has 0 radical (unpaired) electrons. The smallest absolute Gasteiger partial charge is 0.218 e. The number of hydrogen-bond donors (Lipinski definition) is 0. The Hall–Kier alpha value is -2.97. The van der Waals surface area contributed by atoms with Crippen molar-refractivity contribution in [3.63, 3.8) is 0 Å². The van der Waals surface area contributed by atoms with Gasteiger partial charge < -0.3 is 0 Å². The topological polar surface area (TPSA) is 25.8 Å². The Morgan fingerprint density at radius 3 is 2.18 bits per heavy atom. The molecule has 2 nitrogen and oxygen atoms in total. The molecule has 3 heteroatoms. The van der Waals surface area contributed by atoms with Crippen LogP contribution < -0.4 is 0 Å². The van der Waals surface area contributed by atoms with Gasteiger partial charge in [-0.25, -0.2) is 9.97 Å². The normalized spacial score (nSPS) is 16.3. The van der Waals surface area contributed by atoms with Crippen molar-refractivity contribution in [2.24, 2.45) is 0 Å². The number of aromatic nitrogens is 2. The number of rotatable bonds is 3. The zero-order valence-corrected chi connectivity index (χ0v) is 16.7. The predicted octanol–water partition coefficient (Wildman–Crippen LogP) is 6.79. The molecule has 0 fully saturated rings. The van der Waals surface area contributed by atoms with E-state index in [1.165, 1.54) is 5.56 Å². The van der Waals surface area contributed by atoms with Gasteiger partial charge in [0, 0.05) is 22.6 Å². The highest BCUT2D eigenvalue weighted by atomic mass is 35.5. The second kappa shape index (κ2) is 7.95. The molecule has 0 saturated heterocycles. The molecule has 4 rings (SSSR count). The minimum Gasteiger partial charge on any atom is -0.218 e. The molecular weight excluding hydrogens is 364 g/mol. The van der Waals surface area contributed by atoms with Crippen LogP contribution in [0.15, 0.2) is 90.5 Å². The van der Waals surface area contributed by atoms with Crippen molar-refractivity contribution < 1.29 is 0 Å². The Kier molecular flexibility index (Phi) is 5.23. The van der Waals surface area contributed by atoms with Crippen LogP contribution in [0.5, 0.6) is 0 Å². The minimum absolute atomic E-state index is 0.179. The SMILES string of the molecule is CC1=CC=CC(c2ccccc2)C=C1c1nc(Cl)nc(-c2ccccc2)c1C. The van der Waals surface area contributed by atoms with Gasteiger partial charge in [0.25, 0.3) is 0 Å². The van der Waals surface area contributed by atoms with E-state index in [0.29, 0.717) is 0 Å². The summed E-state index contributed by atoms with van der Waals surface area (Å²) >= 11 is 6.35. The van der Waals surface area contributed by atoms with Gasteiger partial charge in [0.15, 0.2) is 0 Å². The van der Waals surface area contributed by atoms with Crippen LogP contribution >= 0.6 is 11.6 Å². The van der Waals surface area contributed by atoms with Gasteiger partial charge in [-0.05, 0) is 36.6 Å². The summed E-state index contributed by atoms with van der Waals surface area (Å²) in [7, 11) is 0. The van der Waals surface area contributed by atoms with E-state index in [0.717, 1.165) is 33.7 Å². The van der Waals surface area contributed by atoms with E-state index in [1.54, 1.807) is 0 Å². The van der Waals surface area contributed by atoms with Gasteiger partial charge in [0.2, 0.25) is 5.28 Å². The van der Waals surface area contributed by atoms with Gasteiger partial charge in [-0.1, -0.05) is 85.0 Å². The van der Waals surface area contributed by atoms with Crippen molar-refractivity contribution in [3.05, 3.63) is 113 Å². The lowest BCUT2D eigenvalue weighted by Gasteiger charge is -2.16. The number of benzene rings is 2. The molecule has 2 aromatic carbocycles. The first kappa shape index (κ1) is 18.4. The van der Waals surface area contributed by atoms with E-state index in [4.69, 9.17) is 11.6 Å². The molecule has 1 atom stereocenters. The third kappa shape index (κ3) is 3.69. The molecule has 0 spiro atoms. The average Bonchev–Trinajstić information content (AvgIpc) is 2.92. The highest BCUT2D eigenvalue weighted by Crippen LogP contribution is 2.35. The average molecular weight is 385 g/mol. The summed E-state index contributed by atoms with van der Waals surface area (Å²) in [6, 6.07) is 20.6. The zero-order chi connectivity index (χ0) is 19.5. The van der Waals surface area contributed by atoms with Gasteiger partial charge in [-0.2, -0.15) is 0 Å². The fraction of sp³-hybridized carbons (Fsp3) is 0.120. The maximum atomic E-state index is 6.35. The fourth-order valence-corrected chi connectivity index (χ4v) is 3.72. The van der Waals surface area contributed by atoms with Gasteiger partial charge in [-0.15, -0.1) is 0 Å². The van der Waals surface area contributed by atoms with Crippen molar-refractivity contribution >= 4 is 17.2 Å². The summed E-state index contributed by atoms with van der Waals surface area (Å²) in [5, 5.41) is 0.265. The van der Waals surface area contributed by atoms with Crippen molar-refractivity contribution in [3.8, 4) is 11.3 Å². The van der Waals surface area contributed by atoms with Crippen LogP contribution in [0.4, 0.5) is 0 Å². The number of nitrogens with zero attached hydrogens (tertiary/aromatic N) is 2. The maximum Gasteiger partial charge on any atom is 0.223 e. The lowest BCUT2D eigenvalue weighted by Crippen LogP contribution is -2.02. The first-order chi connectivity index (χ1) is 13.6. The van der Waals surface area contributed by atoms with E-state index in [2.05, 4.69) is 72.4 Å². The number of hydrogen-bond acceptors (Lipinski definition) is 2. The van der Waals surface area contributed by atoms with Crippen LogP contribution in [-0.2, 0) is 0 Å². The summed E-state index contributed by atoms with van der Waals surface area (Å²) in [6.07, 6.45) is 8.73. The van der Waals surface area contributed by atoms with Crippen molar-refractivity contribution in [1.82, 2.24) is 9.97 Å². The van der Waals surface area contributed by atoms with Gasteiger partial charge in [0.1, 0.15) is 0 Å². The third-order valence-corrected chi connectivity index (χ3v) is 5.21. The van der Waals surface area contributed by atoms with E-state index in [9.17, 15) is 0 Å². The van der Waals surface area contributed by atoms with Gasteiger partial charge >= 0.3 is 0 Å². The van der Waals surface area contributed by atoms with E-state index < -0.39 is 0 Å². The summed E-state index contributed by atoms with van der Waals surface area (Å²) in [4.78, 5) is 9.14. The van der Waals surface area contributed by atoms with Crippen LogP contribution in [0.2, 0.25) is 5.28 Å². The summed E-state index contributed by atoms with van der Waals surface area (Å²) in [6.45, 7) is 4.18. The molecule has 1 unspecified atom stereocenters. The summed E-state index contributed by atoms with van der Waals surface area (Å²) < 4.78 is 0. The van der Waals surface area contributed by atoms with Gasteiger partial charge in [0.05, 0.1) is 11.4 Å². The minimum atomic E-state index is 0.179. The molecule has 0 N–H and O–H groups in total. The largest absolute Gasteiger partial charge is 0.223 e. The highest BCUT2D eigenvalue weighted by molar-refractivity contribution is 6.28. The monoisotopic (exact) mass is 384 g/mol. The van der Waals surface area contributed by atoms with Crippen molar-refractivity contribution in [2.45, 2.75) is 19.8 Å². The molecular formula is C25H21ClN2. The van der Waals surface area contributed by atoms with Crippen molar-refractivity contribution in [1.29, 1.82) is 0 Å². The second-order valence-corrected chi connectivity index (χ2v) is 7.27. The third-order valence-electron chi connectivity index (χ3n) is 5.04.